The van der Waals surface area contributed by atoms with Crippen LogP contribution in [0.3, 0.4) is 0 Å². The second-order valence-electron chi connectivity index (χ2n) is 6.24. The summed E-state index contributed by atoms with van der Waals surface area (Å²) in [5, 5.41) is 3.26. The van der Waals surface area contributed by atoms with Gasteiger partial charge in [0.05, 0.1) is 16.1 Å². The number of rotatable bonds is 7. The molecule has 1 aromatic carbocycles. The van der Waals surface area contributed by atoms with E-state index >= 15 is 0 Å². The zero-order valence-corrected chi connectivity index (χ0v) is 17.5. The van der Waals surface area contributed by atoms with Gasteiger partial charge in [-0.15, -0.1) is 36.2 Å². The van der Waals surface area contributed by atoms with Gasteiger partial charge in [0, 0.05) is 12.7 Å². The molecule has 0 spiro atoms. The molecule has 0 aliphatic heterocycles. The number of halogens is 2. The SMILES string of the molecule is CN(C)CCCCn1ccc2ccc(N=C(N)c3cccs3)cc21.Cl.Cl. The highest BCUT2D eigenvalue weighted by atomic mass is 35.5. The number of aryl methyl sites for hydroxylation is 1. The average Bonchev–Trinajstić information content (AvgIpc) is 3.21. The van der Waals surface area contributed by atoms with Crippen LogP contribution in [0, 0.1) is 0 Å². The van der Waals surface area contributed by atoms with Gasteiger partial charge in [0.1, 0.15) is 5.84 Å². The highest BCUT2D eigenvalue weighted by Gasteiger charge is 2.04. The van der Waals surface area contributed by atoms with Crippen molar-refractivity contribution in [2.45, 2.75) is 19.4 Å². The van der Waals surface area contributed by atoms with Crippen molar-refractivity contribution < 1.29 is 0 Å². The molecule has 2 N–H and O–H groups in total. The summed E-state index contributed by atoms with van der Waals surface area (Å²) in [5.74, 6) is 0.577. The summed E-state index contributed by atoms with van der Waals surface area (Å²) in [5.41, 5.74) is 8.23. The van der Waals surface area contributed by atoms with E-state index in [4.69, 9.17) is 5.73 Å². The molecular weight excluding hydrogens is 387 g/mol. The van der Waals surface area contributed by atoms with Gasteiger partial charge in [-0.2, -0.15) is 0 Å². The summed E-state index contributed by atoms with van der Waals surface area (Å²) in [6.45, 7) is 2.16. The maximum Gasteiger partial charge on any atom is 0.141 e. The Morgan fingerprint density at radius 2 is 1.96 bits per heavy atom. The van der Waals surface area contributed by atoms with Crippen LogP contribution in [0.5, 0.6) is 0 Å². The van der Waals surface area contributed by atoms with Crippen LogP contribution in [-0.2, 0) is 6.54 Å². The number of nitrogens with two attached hydrogens (primary N) is 1. The zero-order chi connectivity index (χ0) is 16.9. The zero-order valence-electron chi connectivity index (χ0n) is 15.1. The first-order valence-electron chi connectivity index (χ1n) is 8.25. The minimum absolute atomic E-state index is 0. The van der Waals surface area contributed by atoms with Gasteiger partial charge in [0.2, 0.25) is 0 Å². The predicted molar refractivity (Wildman–Crippen MR) is 119 cm³/mol. The number of amidine groups is 1. The fourth-order valence-electron chi connectivity index (χ4n) is 2.77. The molecule has 26 heavy (non-hydrogen) atoms. The fraction of sp³-hybridized carbons (Fsp3) is 0.316. The third-order valence-corrected chi connectivity index (χ3v) is 4.93. The molecule has 0 aliphatic carbocycles. The van der Waals surface area contributed by atoms with E-state index in [1.807, 2.05) is 23.6 Å². The normalized spacial score (nSPS) is 11.4. The molecule has 0 amide bonds. The van der Waals surface area contributed by atoms with Gasteiger partial charge >= 0.3 is 0 Å². The van der Waals surface area contributed by atoms with Crippen LogP contribution in [0.4, 0.5) is 5.69 Å². The lowest BCUT2D eigenvalue weighted by Crippen LogP contribution is -2.13. The van der Waals surface area contributed by atoms with Crippen molar-refractivity contribution in [3.8, 4) is 0 Å². The van der Waals surface area contributed by atoms with Crippen molar-refractivity contribution in [1.29, 1.82) is 0 Å². The standard InChI is InChI=1S/C19H24N4S.2ClH/c1-22(2)10-3-4-11-23-12-9-15-7-8-16(14-17(15)23)21-19(20)18-6-5-13-24-18;;/h5-9,12-14H,3-4,10-11H2,1-2H3,(H2,20,21);2*1H. The summed E-state index contributed by atoms with van der Waals surface area (Å²) in [4.78, 5) is 7.82. The molecule has 2 heterocycles. The lowest BCUT2D eigenvalue weighted by molar-refractivity contribution is 0.388. The molecule has 0 fully saturated rings. The van der Waals surface area contributed by atoms with Crippen LogP contribution in [0.2, 0.25) is 0 Å². The van der Waals surface area contributed by atoms with E-state index in [-0.39, 0.29) is 24.8 Å². The van der Waals surface area contributed by atoms with E-state index in [0.717, 1.165) is 23.7 Å². The van der Waals surface area contributed by atoms with Crippen LogP contribution < -0.4 is 5.73 Å². The van der Waals surface area contributed by atoms with Gasteiger partial charge in [-0.3, -0.25) is 0 Å². The van der Waals surface area contributed by atoms with Crippen LogP contribution in [-0.4, -0.2) is 35.9 Å². The molecular formula is C19H26Cl2N4S. The Morgan fingerprint density at radius 1 is 1.15 bits per heavy atom. The van der Waals surface area contributed by atoms with E-state index < -0.39 is 0 Å². The average molecular weight is 413 g/mol. The van der Waals surface area contributed by atoms with Crippen LogP contribution in [0.25, 0.3) is 10.9 Å². The van der Waals surface area contributed by atoms with Crippen LogP contribution >= 0.6 is 36.2 Å². The maximum atomic E-state index is 6.10. The molecule has 0 saturated carbocycles. The summed E-state index contributed by atoms with van der Waals surface area (Å²) in [6, 6.07) is 12.4. The van der Waals surface area contributed by atoms with Gasteiger partial charge < -0.3 is 15.2 Å². The predicted octanol–water partition coefficient (Wildman–Crippen LogP) is 4.93. The Kier molecular flexibility index (Phi) is 9.16. The van der Waals surface area contributed by atoms with E-state index in [0.29, 0.717) is 5.84 Å². The van der Waals surface area contributed by atoms with Gasteiger partial charge in [-0.1, -0.05) is 12.1 Å². The highest BCUT2D eigenvalue weighted by Crippen LogP contribution is 2.23. The number of fused-ring (bicyclic) bond motifs is 1. The van der Waals surface area contributed by atoms with Crippen molar-refractivity contribution in [1.82, 2.24) is 9.47 Å². The molecule has 3 aromatic rings. The summed E-state index contributed by atoms with van der Waals surface area (Å²) >= 11 is 1.61. The lowest BCUT2D eigenvalue weighted by atomic mass is 10.2. The van der Waals surface area contributed by atoms with Crippen molar-refractivity contribution >= 4 is 58.6 Å². The smallest absolute Gasteiger partial charge is 0.141 e. The van der Waals surface area contributed by atoms with E-state index in [9.17, 15) is 0 Å². The third-order valence-electron chi connectivity index (χ3n) is 4.04. The molecule has 0 aliphatic rings. The highest BCUT2D eigenvalue weighted by molar-refractivity contribution is 7.12. The number of benzene rings is 1. The second-order valence-corrected chi connectivity index (χ2v) is 7.18. The van der Waals surface area contributed by atoms with Crippen molar-refractivity contribution in [3.05, 3.63) is 52.9 Å². The topological polar surface area (TPSA) is 46.5 Å². The second kappa shape index (κ2) is 10.6. The number of aromatic nitrogens is 1. The third kappa shape index (κ3) is 5.74. The molecule has 0 saturated heterocycles. The first kappa shape index (κ1) is 22.5. The number of hydrogen-bond acceptors (Lipinski definition) is 3. The van der Waals surface area contributed by atoms with Crippen LogP contribution in [0.1, 0.15) is 17.7 Å². The molecule has 3 rings (SSSR count). The van der Waals surface area contributed by atoms with Gasteiger partial charge in [0.15, 0.2) is 0 Å². The monoisotopic (exact) mass is 412 g/mol. The molecule has 142 valence electrons. The van der Waals surface area contributed by atoms with Gasteiger partial charge in [0.25, 0.3) is 0 Å². The Bertz CT molecular complexity index is 825. The first-order valence-corrected chi connectivity index (χ1v) is 9.13. The van der Waals surface area contributed by atoms with Gasteiger partial charge in [-0.05, 0) is 68.5 Å². The van der Waals surface area contributed by atoms with Crippen molar-refractivity contribution in [2.75, 3.05) is 20.6 Å². The number of unbranched alkanes of at least 4 members (excludes halogenated alkanes) is 1. The Balaban J connectivity index is 0.00000169. The number of nitrogens with zero attached hydrogens (tertiary/aromatic N) is 3. The number of aliphatic imine (C=N–C) groups is 1. The number of hydrogen-bond donors (Lipinski definition) is 1. The Labute approximate surface area is 171 Å². The minimum Gasteiger partial charge on any atom is -0.383 e. The lowest BCUT2D eigenvalue weighted by Gasteiger charge is -2.10. The van der Waals surface area contributed by atoms with Crippen molar-refractivity contribution in [3.63, 3.8) is 0 Å². The molecule has 0 radical (unpaired) electrons. The fourth-order valence-corrected chi connectivity index (χ4v) is 3.39. The minimum atomic E-state index is 0. The summed E-state index contributed by atoms with van der Waals surface area (Å²) in [6.07, 6.45) is 4.54. The first-order chi connectivity index (χ1) is 11.6. The van der Waals surface area contributed by atoms with Crippen LogP contribution in [0.15, 0.2) is 53.0 Å². The molecule has 2 aromatic heterocycles. The molecule has 4 nitrogen and oxygen atoms in total. The number of thiophene rings is 1. The van der Waals surface area contributed by atoms with E-state index in [2.05, 4.69) is 53.0 Å². The largest absolute Gasteiger partial charge is 0.383 e. The van der Waals surface area contributed by atoms with Crippen molar-refractivity contribution in [2.24, 2.45) is 10.7 Å². The molecule has 0 atom stereocenters. The Morgan fingerprint density at radius 3 is 2.65 bits per heavy atom. The molecule has 7 heteroatoms. The maximum absolute atomic E-state index is 6.10. The Hall–Kier alpha value is -1.53. The van der Waals surface area contributed by atoms with E-state index in [1.165, 1.54) is 23.7 Å². The molecule has 0 bridgehead atoms. The van der Waals surface area contributed by atoms with Gasteiger partial charge in [-0.25, -0.2) is 4.99 Å². The molecule has 0 unspecified atom stereocenters. The summed E-state index contributed by atoms with van der Waals surface area (Å²) in [7, 11) is 4.24. The van der Waals surface area contributed by atoms with E-state index in [1.54, 1.807) is 11.3 Å². The summed E-state index contributed by atoms with van der Waals surface area (Å²) < 4.78 is 2.31. The quantitative estimate of drug-likeness (QED) is 0.339.